The summed E-state index contributed by atoms with van der Waals surface area (Å²) < 4.78 is 5.24. The van der Waals surface area contributed by atoms with Gasteiger partial charge in [0, 0.05) is 36.2 Å². The molecule has 2 aromatic rings. The third kappa shape index (κ3) is 4.80. The van der Waals surface area contributed by atoms with Crippen LogP contribution in [-0.4, -0.2) is 40.1 Å². The molecule has 1 fully saturated rings. The lowest BCUT2D eigenvalue weighted by molar-refractivity contribution is -0.115. The number of hydrogen-bond donors (Lipinski definition) is 2. The van der Waals surface area contributed by atoms with Gasteiger partial charge in [-0.25, -0.2) is 0 Å². The average molecular weight is 332 g/mol. The van der Waals surface area contributed by atoms with Crippen molar-refractivity contribution in [1.29, 1.82) is 0 Å². The Labute approximate surface area is 139 Å². The van der Waals surface area contributed by atoms with E-state index in [1.165, 1.54) is 0 Å². The van der Waals surface area contributed by atoms with Crippen LogP contribution in [0.1, 0.15) is 17.3 Å². The fourth-order valence-corrected chi connectivity index (χ4v) is 3.34. The zero-order valence-corrected chi connectivity index (χ0v) is 13.9. The zero-order valence-electron chi connectivity index (χ0n) is 13.0. The first-order valence-corrected chi connectivity index (χ1v) is 8.83. The lowest BCUT2D eigenvalue weighted by Gasteiger charge is -2.21. The van der Waals surface area contributed by atoms with E-state index >= 15 is 0 Å². The van der Waals surface area contributed by atoms with Crippen LogP contribution < -0.4 is 10.6 Å². The first kappa shape index (κ1) is 16.0. The number of amides is 1. The standard InChI is InChI=1S/C16H20N4O2S/c1-11-2-4-12(5-3-11)18-15(21)9-14-19-16(22-20-14)8-13-10-23-7-6-17-13/h2-5,13,17H,6-10H2,1H3,(H,18,21). The maximum Gasteiger partial charge on any atom is 0.232 e. The molecule has 1 aromatic heterocycles. The molecule has 1 aliphatic rings. The minimum Gasteiger partial charge on any atom is -0.339 e. The van der Waals surface area contributed by atoms with Gasteiger partial charge in [-0.2, -0.15) is 16.7 Å². The van der Waals surface area contributed by atoms with E-state index in [1.54, 1.807) is 0 Å². The van der Waals surface area contributed by atoms with Gasteiger partial charge in [0.05, 0.1) is 6.42 Å². The third-order valence-corrected chi connectivity index (χ3v) is 4.71. The SMILES string of the molecule is Cc1ccc(NC(=O)Cc2noc(CC3CSCCN3)n2)cc1. The minimum atomic E-state index is -0.146. The van der Waals surface area contributed by atoms with E-state index in [4.69, 9.17) is 4.52 Å². The molecule has 1 unspecified atom stereocenters. The molecule has 2 N–H and O–H groups in total. The van der Waals surface area contributed by atoms with Crippen molar-refractivity contribution < 1.29 is 9.32 Å². The summed E-state index contributed by atoms with van der Waals surface area (Å²) in [6, 6.07) is 8.03. The second-order valence-corrected chi connectivity index (χ2v) is 6.78. The Morgan fingerprint density at radius 2 is 2.26 bits per heavy atom. The molecule has 1 saturated heterocycles. The van der Waals surface area contributed by atoms with Crippen LogP contribution in [0.3, 0.4) is 0 Å². The Morgan fingerprint density at radius 1 is 1.43 bits per heavy atom. The highest BCUT2D eigenvalue weighted by Gasteiger charge is 2.18. The van der Waals surface area contributed by atoms with Gasteiger partial charge in [-0.15, -0.1) is 0 Å². The number of carbonyl (C=O) groups is 1. The van der Waals surface area contributed by atoms with Crippen LogP contribution in [-0.2, 0) is 17.6 Å². The smallest absolute Gasteiger partial charge is 0.232 e. The first-order valence-electron chi connectivity index (χ1n) is 7.68. The summed E-state index contributed by atoms with van der Waals surface area (Å²) in [5, 5.41) is 10.2. The number of nitrogens with zero attached hydrogens (tertiary/aromatic N) is 2. The number of thioether (sulfide) groups is 1. The molecule has 122 valence electrons. The maximum atomic E-state index is 12.0. The molecular weight excluding hydrogens is 312 g/mol. The number of hydrogen-bond acceptors (Lipinski definition) is 6. The fraction of sp³-hybridized carbons (Fsp3) is 0.438. The Hall–Kier alpha value is -1.86. The Balaban J connectivity index is 1.51. The van der Waals surface area contributed by atoms with E-state index in [1.807, 2.05) is 43.0 Å². The molecule has 2 heterocycles. The fourth-order valence-electron chi connectivity index (χ4n) is 2.39. The monoisotopic (exact) mass is 332 g/mol. The van der Waals surface area contributed by atoms with Gasteiger partial charge in [-0.1, -0.05) is 22.9 Å². The van der Waals surface area contributed by atoms with E-state index in [9.17, 15) is 4.79 Å². The van der Waals surface area contributed by atoms with Crippen molar-refractivity contribution in [2.45, 2.75) is 25.8 Å². The van der Waals surface area contributed by atoms with E-state index in [0.717, 1.165) is 29.3 Å². The summed E-state index contributed by atoms with van der Waals surface area (Å²) >= 11 is 1.93. The molecule has 0 bridgehead atoms. The number of rotatable bonds is 5. The lowest BCUT2D eigenvalue weighted by atomic mass is 10.2. The van der Waals surface area contributed by atoms with Gasteiger partial charge in [0.25, 0.3) is 0 Å². The first-order chi connectivity index (χ1) is 11.2. The number of aromatic nitrogens is 2. The van der Waals surface area contributed by atoms with Crippen LogP contribution >= 0.6 is 11.8 Å². The average Bonchev–Trinajstić information content (AvgIpc) is 2.97. The highest BCUT2D eigenvalue weighted by molar-refractivity contribution is 7.99. The van der Waals surface area contributed by atoms with Crippen LogP contribution in [0.2, 0.25) is 0 Å². The van der Waals surface area contributed by atoms with Gasteiger partial charge in [0.2, 0.25) is 11.8 Å². The summed E-state index contributed by atoms with van der Waals surface area (Å²) in [5.74, 6) is 3.06. The van der Waals surface area contributed by atoms with Crippen molar-refractivity contribution in [2.24, 2.45) is 0 Å². The Morgan fingerprint density at radius 3 is 3.00 bits per heavy atom. The largest absolute Gasteiger partial charge is 0.339 e. The van der Waals surface area contributed by atoms with Gasteiger partial charge < -0.3 is 15.2 Å². The molecular formula is C16H20N4O2S. The van der Waals surface area contributed by atoms with Crippen molar-refractivity contribution in [1.82, 2.24) is 15.5 Å². The van der Waals surface area contributed by atoms with Crippen molar-refractivity contribution in [2.75, 3.05) is 23.4 Å². The van der Waals surface area contributed by atoms with Gasteiger partial charge in [0.1, 0.15) is 0 Å². The number of carbonyl (C=O) groups excluding carboxylic acids is 1. The van der Waals surface area contributed by atoms with E-state index in [0.29, 0.717) is 24.2 Å². The molecule has 0 aliphatic carbocycles. The van der Waals surface area contributed by atoms with Crippen LogP contribution in [0.25, 0.3) is 0 Å². The molecule has 0 radical (unpaired) electrons. The lowest BCUT2D eigenvalue weighted by Crippen LogP contribution is -2.38. The predicted molar refractivity (Wildman–Crippen MR) is 90.6 cm³/mol. The highest BCUT2D eigenvalue weighted by Crippen LogP contribution is 2.12. The molecule has 1 amide bonds. The molecule has 0 saturated carbocycles. The van der Waals surface area contributed by atoms with E-state index in [-0.39, 0.29) is 12.3 Å². The van der Waals surface area contributed by atoms with Gasteiger partial charge >= 0.3 is 0 Å². The Kier molecular flexibility index (Phi) is 5.30. The number of anilines is 1. The topological polar surface area (TPSA) is 80.0 Å². The van der Waals surface area contributed by atoms with Crippen molar-refractivity contribution in [3.63, 3.8) is 0 Å². The number of benzene rings is 1. The van der Waals surface area contributed by atoms with Crippen molar-refractivity contribution >= 4 is 23.4 Å². The summed E-state index contributed by atoms with van der Waals surface area (Å²) in [5.41, 5.74) is 1.92. The third-order valence-electron chi connectivity index (χ3n) is 3.58. The molecule has 23 heavy (non-hydrogen) atoms. The summed E-state index contributed by atoms with van der Waals surface area (Å²) in [6.07, 6.45) is 0.823. The van der Waals surface area contributed by atoms with Gasteiger partial charge in [-0.3, -0.25) is 4.79 Å². The van der Waals surface area contributed by atoms with Crippen LogP contribution in [0.15, 0.2) is 28.8 Å². The van der Waals surface area contributed by atoms with Crippen LogP contribution in [0, 0.1) is 6.92 Å². The van der Waals surface area contributed by atoms with E-state index in [2.05, 4.69) is 20.8 Å². The predicted octanol–water partition coefficient (Wildman–Crippen LogP) is 1.81. The zero-order chi connectivity index (χ0) is 16.1. The Bertz CT molecular complexity index is 650. The van der Waals surface area contributed by atoms with Crippen LogP contribution in [0.4, 0.5) is 5.69 Å². The summed E-state index contributed by atoms with van der Waals surface area (Å²) in [6.45, 7) is 3.02. The number of nitrogens with one attached hydrogen (secondary N) is 2. The normalized spacial score (nSPS) is 17.9. The van der Waals surface area contributed by atoms with Crippen LogP contribution in [0.5, 0.6) is 0 Å². The number of aryl methyl sites for hydroxylation is 1. The summed E-state index contributed by atoms with van der Waals surface area (Å²) in [7, 11) is 0. The minimum absolute atomic E-state index is 0.115. The molecule has 7 heteroatoms. The molecule has 1 atom stereocenters. The molecule has 1 aliphatic heterocycles. The maximum absolute atomic E-state index is 12.0. The molecule has 0 spiro atoms. The quantitative estimate of drug-likeness (QED) is 0.869. The molecule has 3 rings (SSSR count). The second-order valence-electron chi connectivity index (χ2n) is 5.63. The van der Waals surface area contributed by atoms with Gasteiger partial charge in [-0.05, 0) is 19.1 Å². The summed E-state index contributed by atoms with van der Waals surface area (Å²) in [4.78, 5) is 16.3. The molecule has 1 aromatic carbocycles. The van der Waals surface area contributed by atoms with E-state index < -0.39 is 0 Å². The second kappa shape index (κ2) is 7.61. The highest BCUT2D eigenvalue weighted by atomic mass is 32.2. The molecule has 6 nitrogen and oxygen atoms in total. The van der Waals surface area contributed by atoms with Crippen molar-refractivity contribution in [3.8, 4) is 0 Å². The van der Waals surface area contributed by atoms with Crippen molar-refractivity contribution in [3.05, 3.63) is 41.5 Å². The van der Waals surface area contributed by atoms with Gasteiger partial charge in [0.15, 0.2) is 5.82 Å².